The van der Waals surface area contributed by atoms with Crippen molar-refractivity contribution in [1.29, 1.82) is 0 Å². The largest absolute Gasteiger partial charge is 0.370 e. The maximum Gasteiger partial charge on any atom is 0.191 e. The minimum absolute atomic E-state index is 0. The average molecular weight is 401 g/mol. The molecule has 3 nitrogen and oxygen atoms in total. The molecule has 1 aromatic carbocycles. The summed E-state index contributed by atoms with van der Waals surface area (Å²) < 4.78 is 0. The third-order valence-corrected chi connectivity index (χ3v) is 4.26. The lowest BCUT2D eigenvalue weighted by atomic mass is 10.0. The molecule has 0 amide bonds. The summed E-state index contributed by atoms with van der Waals surface area (Å²) in [4.78, 5) is 6.82. The van der Waals surface area contributed by atoms with Crippen LogP contribution in [0.1, 0.15) is 36.5 Å². The van der Waals surface area contributed by atoms with E-state index in [9.17, 15) is 0 Å². The number of nitrogens with two attached hydrogens (primary N) is 1. The number of halogens is 1. The van der Waals surface area contributed by atoms with Gasteiger partial charge in [0, 0.05) is 19.6 Å². The lowest BCUT2D eigenvalue weighted by molar-refractivity contribution is 0.270. The number of rotatable bonds is 3. The molecule has 0 saturated carbocycles. The third kappa shape index (κ3) is 5.16. The van der Waals surface area contributed by atoms with Gasteiger partial charge in [-0.1, -0.05) is 25.1 Å². The molecule has 1 atom stereocenters. The van der Waals surface area contributed by atoms with E-state index in [0.29, 0.717) is 0 Å². The van der Waals surface area contributed by atoms with Crippen molar-refractivity contribution in [3.05, 3.63) is 34.9 Å². The van der Waals surface area contributed by atoms with E-state index in [2.05, 4.69) is 48.9 Å². The van der Waals surface area contributed by atoms with Crippen molar-refractivity contribution >= 4 is 29.9 Å². The number of likely N-dealkylation sites (tertiary alicyclic amines) is 1. The summed E-state index contributed by atoms with van der Waals surface area (Å²) in [6, 6.07) is 6.45. The second-order valence-corrected chi connectivity index (χ2v) is 6.05. The molecule has 21 heavy (non-hydrogen) atoms. The van der Waals surface area contributed by atoms with Gasteiger partial charge in [0.05, 0.1) is 0 Å². The Bertz CT molecular complexity index is 465. The minimum atomic E-state index is 0. The first-order valence-electron chi connectivity index (χ1n) is 7.68. The Hall–Kier alpha value is -0.780. The predicted molar refractivity (Wildman–Crippen MR) is 101 cm³/mol. The Morgan fingerprint density at radius 2 is 2.00 bits per heavy atom. The molecule has 118 valence electrons. The van der Waals surface area contributed by atoms with Gasteiger partial charge in [-0.2, -0.15) is 0 Å². The van der Waals surface area contributed by atoms with Gasteiger partial charge in [0.1, 0.15) is 0 Å². The van der Waals surface area contributed by atoms with E-state index in [1.165, 1.54) is 29.5 Å². The Balaban J connectivity index is 0.00000220. The van der Waals surface area contributed by atoms with Crippen molar-refractivity contribution in [2.75, 3.05) is 19.6 Å². The molecule has 0 radical (unpaired) electrons. The number of guanidine groups is 1. The molecular formula is C17H28IN3. The molecule has 0 spiro atoms. The Morgan fingerprint density at radius 1 is 1.33 bits per heavy atom. The normalized spacial score (nSPS) is 19.3. The number of hydrogen-bond acceptors (Lipinski definition) is 1. The highest BCUT2D eigenvalue weighted by Crippen LogP contribution is 2.16. The SMILES string of the molecule is Cc1cccc(C)c1CCN=C(N)N1CCCC(C)C1.I. The zero-order valence-electron chi connectivity index (χ0n) is 13.4. The smallest absolute Gasteiger partial charge is 0.191 e. The van der Waals surface area contributed by atoms with Crippen LogP contribution in [0, 0.1) is 19.8 Å². The highest BCUT2D eigenvalue weighted by atomic mass is 127. The minimum Gasteiger partial charge on any atom is -0.370 e. The summed E-state index contributed by atoms with van der Waals surface area (Å²) in [5.74, 6) is 1.46. The Kier molecular flexibility index (Phi) is 7.49. The first-order valence-corrected chi connectivity index (χ1v) is 7.68. The topological polar surface area (TPSA) is 41.6 Å². The summed E-state index contributed by atoms with van der Waals surface area (Å²) in [6.45, 7) is 9.52. The van der Waals surface area contributed by atoms with Crippen molar-refractivity contribution in [2.45, 2.75) is 40.0 Å². The molecule has 1 aliphatic heterocycles. The summed E-state index contributed by atoms with van der Waals surface area (Å²) in [5, 5.41) is 0. The zero-order chi connectivity index (χ0) is 14.5. The Labute approximate surface area is 146 Å². The van der Waals surface area contributed by atoms with E-state index < -0.39 is 0 Å². The fourth-order valence-electron chi connectivity index (χ4n) is 3.02. The van der Waals surface area contributed by atoms with Crippen molar-refractivity contribution in [3.63, 3.8) is 0 Å². The third-order valence-electron chi connectivity index (χ3n) is 4.26. The molecule has 1 aliphatic rings. The van der Waals surface area contributed by atoms with Crippen molar-refractivity contribution < 1.29 is 0 Å². The molecule has 2 N–H and O–H groups in total. The van der Waals surface area contributed by atoms with Gasteiger partial charge in [-0.15, -0.1) is 24.0 Å². The van der Waals surface area contributed by atoms with Crippen LogP contribution in [0.25, 0.3) is 0 Å². The van der Waals surface area contributed by atoms with Crippen LogP contribution in [-0.4, -0.2) is 30.5 Å². The maximum absolute atomic E-state index is 6.13. The van der Waals surface area contributed by atoms with Gasteiger partial charge < -0.3 is 10.6 Å². The molecule has 4 heteroatoms. The van der Waals surface area contributed by atoms with Gasteiger partial charge in [0.25, 0.3) is 0 Å². The first-order chi connectivity index (χ1) is 9.58. The molecular weight excluding hydrogens is 373 g/mol. The Morgan fingerprint density at radius 3 is 2.62 bits per heavy atom. The van der Waals surface area contributed by atoms with Crippen LogP contribution in [0.4, 0.5) is 0 Å². The van der Waals surface area contributed by atoms with Gasteiger partial charge in [-0.05, 0) is 55.7 Å². The van der Waals surface area contributed by atoms with Gasteiger partial charge in [-0.25, -0.2) is 0 Å². The van der Waals surface area contributed by atoms with Gasteiger partial charge in [-0.3, -0.25) is 4.99 Å². The van der Waals surface area contributed by atoms with Crippen molar-refractivity contribution in [3.8, 4) is 0 Å². The zero-order valence-corrected chi connectivity index (χ0v) is 15.8. The predicted octanol–water partition coefficient (Wildman–Crippen LogP) is 3.51. The van der Waals surface area contributed by atoms with Crippen molar-refractivity contribution in [2.24, 2.45) is 16.6 Å². The number of piperidine rings is 1. The van der Waals surface area contributed by atoms with E-state index in [1.54, 1.807) is 0 Å². The molecule has 1 unspecified atom stereocenters. The van der Waals surface area contributed by atoms with Crippen LogP contribution < -0.4 is 5.73 Å². The molecule has 1 heterocycles. The fraction of sp³-hybridized carbons (Fsp3) is 0.588. The molecule has 2 rings (SSSR count). The second-order valence-electron chi connectivity index (χ2n) is 6.05. The highest BCUT2D eigenvalue weighted by Gasteiger charge is 2.17. The quantitative estimate of drug-likeness (QED) is 0.479. The van der Waals surface area contributed by atoms with Gasteiger partial charge >= 0.3 is 0 Å². The molecule has 1 saturated heterocycles. The lowest BCUT2D eigenvalue weighted by Gasteiger charge is -2.31. The van der Waals surface area contributed by atoms with E-state index in [-0.39, 0.29) is 24.0 Å². The molecule has 0 bridgehead atoms. The standard InChI is InChI=1S/C17H27N3.HI/c1-13-6-5-11-20(12-13)17(18)19-10-9-16-14(2)7-4-8-15(16)3;/h4,7-8,13H,5-6,9-12H2,1-3H3,(H2,18,19);1H. The van der Waals surface area contributed by atoms with Crippen LogP contribution in [-0.2, 0) is 6.42 Å². The monoisotopic (exact) mass is 401 g/mol. The van der Waals surface area contributed by atoms with E-state index in [0.717, 1.165) is 37.9 Å². The van der Waals surface area contributed by atoms with Crippen molar-refractivity contribution in [1.82, 2.24) is 4.90 Å². The number of aliphatic imine (C=N–C) groups is 1. The highest BCUT2D eigenvalue weighted by molar-refractivity contribution is 14.0. The molecule has 1 aromatic rings. The first kappa shape index (κ1) is 18.3. The summed E-state index contributed by atoms with van der Waals surface area (Å²) >= 11 is 0. The van der Waals surface area contributed by atoms with Gasteiger partial charge in [0.15, 0.2) is 5.96 Å². The maximum atomic E-state index is 6.13. The second kappa shape index (κ2) is 8.61. The summed E-state index contributed by atoms with van der Waals surface area (Å²) in [7, 11) is 0. The van der Waals surface area contributed by atoms with Crippen LogP contribution in [0.5, 0.6) is 0 Å². The van der Waals surface area contributed by atoms with Crippen LogP contribution in [0.3, 0.4) is 0 Å². The molecule has 1 fully saturated rings. The van der Waals surface area contributed by atoms with Crippen LogP contribution in [0.15, 0.2) is 23.2 Å². The van der Waals surface area contributed by atoms with Crippen LogP contribution in [0.2, 0.25) is 0 Å². The number of aryl methyl sites for hydroxylation is 2. The summed E-state index contributed by atoms with van der Waals surface area (Å²) in [6.07, 6.45) is 3.52. The molecule has 0 aromatic heterocycles. The fourth-order valence-corrected chi connectivity index (χ4v) is 3.02. The number of nitrogens with zero attached hydrogens (tertiary/aromatic N) is 2. The number of hydrogen-bond donors (Lipinski definition) is 1. The molecule has 0 aliphatic carbocycles. The van der Waals surface area contributed by atoms with E-state index in [4.69, 9.17) is 5.73 Å². The van der Waals surface area contributed by atoms with Gasteiger partial charge in [0.2, 0.25) is 0 Å². The number of benzene rings is 1. The summed E-state index contributed by atoms with van der Waals surface area (Å²) in [5.41, 5.74) is 10.2. The van der Waals surface area contributed by atoms with Crippen LogP contribution >= 0.6 is 24.0 Å². The van der Waals surface area contributed by atoms with E-state index >= 15 is 0 Å². The lowest BCUT2D eigenvalue weighted by Crippen LogP contribution is -2.43. The average Bonchev–Trinajstić information content (AvgIpc) is 2.42. The van der Waals surface area contributed by atoms with E-state index in [1.807, 2.05) is 0 Å².